The number of carbonyl (C=O) groups is 2. The van der Waals surface area contributed by atoms with Gasteiger partial charge in [0.2, 0.25) is 6.29 Å². The van der Waals surface area contributed by atoms with Crippen LogP contribution in [-0.2, 0) is 14.3 Å². The molecule has 2 rings (SSSR count). The van der Waals surface area contributed by atoms with Crippen LogP contribution in [0.25, 0.3) is 0 Å². The lowest BCUT2D eigenvalue weighted by atomic mass is 9.90. The number of hydrogen-bond donors (Lipinski definition) is 2. The van der Waals surface area contributed by atoms with Crippen LogP contribution in [0, 0.1) is 5.92 Å². The van der Waals surface area contributed by atoms with Crippen molar-refractivity contribution in [3.63, 3.8) is 0 Å². The van der Waals surface area contributed by atoms with Crippen molar-refractivity contribution in [2.75, 3.05) is 6.61 Å². The van der Waals surface area contributed by atoms with Gasteiger partial charge in [0.15, 0.2) is 0 Å². The molecule has 0 radical (unpaired) electrons. The van der Waals surface area contributed by atoms with E-state index in [-0.39, 0.29) is 6.42 Å². The van der Waals surface area contributed by atoms with Crippen molar-refractivity contribution in [2.24, 2.45) is 5.92 Å². The number of carboxylic acid groups (broad SMARTS) is 1. The molecular formula is C12H19NO5. The van der Waals surface area contributed by atoms with Gasteiger partial charge in [-0.3, -0.25) is 4.79 Å². The van der Waals surface area contributed by atoms with Crippen LogP contribution in [0.5, 0.6) is 0 Å². The van der Waals surface area contributed by atoms with Gasteiger partial charge in [0, 0.05) is 0 Å². The third kappa shape index (κ3) is 3.60. The third-order valence-electron chi connectivity index (χ3n) is 3.49. The van der Waals surface area contributed by atoms with Gasteiger partial charge in [-0.2, -0.15) is 0 Å². The van der Waals surface area contributed by atoms with E-state index in [1.807, 2.05) is 0 Å². The minimum Gasteiger partial charge on any atom is -0.465 e. The molecule has 1 aliphatic carbocycles. The molecule has 0 bridgehead atoms. The van der Waals surface area contributed by atoms with Crippen LogP contribution in [0.4, 0.5) is 4.79 Å². The van der Waals surface area contributed by atoms with Crippen molar-refractivity contribution < 1.29 is 24.2 Å². The van der Waals surface area contributed by atoms with Gasteiger partial charge in [0.25, 0.3) is 0 Å². The summed E-state index contributed by atoms with van der Waals surface area (Å²) in [5, 5.41) is 10.9. The number of esters is 1. The maximum atomic E-state index is 11.2. The fraction of sp³-hybridized carbons (Fsp3) is 0.833. The molecule has 6 nitrogen and oxygen atoms in total. The molecule has 0 spiro atoms. The molecule has 0 aromatic rings. The van der Waals surface area contributed by atoms with E-state index in [1.54, 1.807) is 0 Å². The smallest absolute Gasteiger partial charge is 0.405 e. The van der Waals surface area contributed by atoms with Crippen LogP contribution in [0.1, 0.15) is 38.5 Å². The molecule has 2 fully saturated rings. The standard InChI is InChI=1S/C12H19NO5/c14-10-6-9(13-12(15)16)11(18-10)17-7-8-4-2-1-3-5-8/h8-9,11,13H,1-7H2,(H,15,16). The SMILES string of the molecule is O=C(O)NC1CC(=O)OC1OCC1CCCCC1. The second kappa shape index (κ2) is 6.04. The highest BCUT2D eigenvalue weighted by molar-refractivity contribution is 5.74. The summed E-state index contributed by atoms with van der Waals surface area (Å²) in [4.78, 5) is 21.7. The van der Waals surface area contributed by atoms with Crippen LogP contribution in [0.3, 0.4) is 0 Å². The predicted molar refractivity (Wildman–Crippen MR) is 62.0 cm³/mol. The maximum Gasteiger partial charge on any atom is 0.405 e. The highest BCUT2D eigenvalue weighted by Crippen LogP contribution is 2.25. The van der Waals surface area contributed by atoms with Crippen LogP contribution >= 0.6 is 0 Å². The lowest BCUT2D eigenvalue weighted by Gasteiger charge is -2.24. The Labute approximate surface area is 106 Å². The summed E-state index contributed by atoms with van der Waals surface area (Å²) in [6.07, 6.45) is 4.10. The Hall–Kier alpha value is -1.30. The number of carbonyl (C=O) groups excluding carboxylic acids is 1. The van der Waals surface area contributed by atoms with E-state index < -0.39 is 24.4 Å². The van der Waals surface area contributed by atoms with Crippen LogP contribution < -0.4 is 5.32 Å². The fourth-order valence-corrected chi connectivity index (χ4v) is 2.55. The third-order valence-corrected chi connectivity index (χ3v) is 3.49. The Morgan fingerprint density at radius 1 is 1.39 bits per heavy atom. The van der Waals surface area contributed by atoms with E-state index in [9.17, 15) is 9.59 Å². The molecule has 2 atom stereocenters. The zero-order valence-electron chi connectivity index (χ0n) is 10.3. The molecule has 1 saturated heterocycles. The summed E-state index contributed by atoms with van der Waals surface area (Å²) in [5.41, 5.74) is 0. The van der Waals surface area contributed by atoms with E-state index in [0.717, 1.165) is 12.8 Å². The van der Waals surface area contributed by atoms with Gasteiger partial charge in [0.05, 0.1) is 13.0 Å². The second-order valence-electron chi connectivity index (χ2n) is 4.96. The van der Waals surface area contributed by atoms with Crippen LogP contribution in [0.2, 0.25) is 0 Å². The first kappa shape index (κ1) is 13.1. The first-order valence-electron chi connectivity index (χ1n) is 6.45. The Morgan fingerprint density at radius 2 is 2.11 bits per heavy atom. The normalized spacial score (nSPS) is 29.0. The van der Waals surface area contributed by atoms with E-state index in [4.69, 9.17) is 14.6 Å². The number of ether oxygens (including phenoxy) is 2. The van der Waals surface area contributed by atoms with Crippen LogP contribution in [-0.4, -0.2) is 36.1 Å². The van der Waals surface area contributed by atoms with Gasteiger partial charge < -0.3 is 19.9 Å². The molecule has 0 aromatic carbocycles. The topological polar surface area (TPSA) is 84.9 Å². The number of rotatable bonds is 4. The molecule has 1 saturated carbocycles. The molecule has 2 aliphatic rings. The van der Waals surface area contributed by atoms with Crippen molar-refractivity contribution in [1.82, 2.24) is 5.32 Å². The summed E-state index contributed by atoms with van der Waals surface area (Å²) in [5.74, 6) is 0.0888. The maximum absolute atomic E-state index is 11.2. The monoisotopic (exact) mass is 257 g/mol. The average Bonchev–Trinajstić information content (AvgIpc) is 2.67. The van der Waals surface area contributed by atoms with Crippen molar-refractivity contribution in [2.45, 2.75) is 50.9 Å². The zero-order chi connectivity index (χ0) is 13.0. The van der Waals surface area contributed by atoms with Crippen molar-refractivity contribution in [3.8, 4) is 0 Å². The molecule has 6 heteroatoms. The average molecular weight is 257 g/mol. The zero-order valence-corrected chi connectivity index (χ0v) is 10.3. The quantitative estimate of drug-likeness (QED) is 0.745. The summed E-state index contributed by atoms with van der Waals surface area (Å²) in [7, 11) is 0. The van der Waals surface area contributed by atoms with Crippen LogP contribution in [0.15, 0.2) is 0 Å². The molecule has 102 valence electrons. The van der Waals surface area contributed by atoms with E-state index in [2.05, 4.69) is 5.32 Å². The highest BCUT2D eigenvalue weighted by atomic mass is 16.7. The van der Waals surface area contributed by atoms with E-state index >= 15 is 0 Å². The molecule has 18 heavy (non-hydrogen) atoms. The van der Waals surface area contributed by atoms with Crippen molar-refractivity contribution >= 4 is 12.1 Å². The van der Waals surface area contributed by atoms with Gasteiger partial charge in [-0.1, -0.05) is 19.3 Å². The lowest BCUT2D eigenvalue weighted by molar-refractivity contribution is -0.167. The Bertz CT molecular complexity index is 314. The fourth-order valence-electron chi connectivity index (χ4n) is 2.55. The molecule has 1 amide bonds. The van der Waals surface area contributed by atoms with E-state index in [0.29, 0.717) is 12.5 Å². The molecule has 1 heterocycles. The van der Waals surface area contributed by atoms with Crippen molar-refractivity contribution in [3.05, 3.63) is 0 Å². The molecule has 0 aromatic heterocycles. The van der Waals surface area contributed by atoms with Gasteiger partial charge in [-0.25, -0.2) is 4.79 Å². The number of amides is 1. The van der Waals surface area contributed by atoms with Gasteiger partial charge >= 0.3 is 12.1 Å². The van der Waals surface area contributed by atoms with E-state index in [1.165, 1.54) is 19.3 Å². The molecule has 2 unspecified atom stereocenters. The first-order valence-corrected chi connectivity index (χ1v) is 6.45. The van der Waals surface area contributed by atoms with Gasteiger partial charge in [0.1, 0.15) is 6.04 Å². The van der Waals surface area contributed by atoms with Gasteiger partial charge in [-0.05, 0) is 18.8 Å². The van der Waals surface area contributed by atoms with Gasteiger partial charge in [-0.15, -0.1) is 0 Å². The second-order valence-corrected chi connectivity index (χ2v) is 4.96. The number of cyclic esters (lactones) is 1. The summed E-state index contributed by atoms with van der Waals surface area (Å²) >= 11 is 0. The lowest BCUT2D eigenvalue weighted by Crippen LogP contribution is -2.41. The summed E-state index contributed by atoms with van der Waals surface area (Å²) < 4.78 is 10.5. The summed E-state index contributed by atoms with van der Waals surface area (Å²) in [6, 6.07) is -0.585. The number of hydrogen-bond acceptors (Lipinski definition) is 4. The minimum atomic E-state index is -1.16. The Balaban J connectivity index is 1.78. The number of nitrogens with one attached hydrogen (secondary N) is 1. The molecular weight excluding hydrogens is 238 g/mol. The first-order chi connectivity index (χ1) is 8.65. The minimum absolute atomic E-state index is 0.0433. The molecule has 2 N–H and O–H groups in total. The predicted octanol–water partition coefficient (Wildman–Crippen LogP) is 1.49. The largest absolute Gasteiger partial charge is 0.465 e. The van der Waals surface area contributed by atoms with Crippen molar-refractivity contribution in [1.29, 1.82) is 0 Å². The Morgan fingerprint density at radius 3 is 2.78 bits per heavy atom. The Kier molecular flexibility index (Phi) is 4.41. The molecule has 1 aliphatic heterocycles. The highest BCUT2D eigenvalue weighted by Gasteiger charge is 2.37. The summed E-state index contributed by atoms with van der Waals surface area (Å²) in [6.45, 7) is 0.537.